The molecule has 1 aromatic heterocycles. The highest BCUT2D eigenvalue weighted by Gasteiger charge is 2.30. The van der Waals surface area contributed by atoms with E-state index in [9.17, 15) is 36.0 Å². The number of hydrogen-bond acceptors (Lipinski definition) is 13. The first-order valence-electron chi connectivity index (χ1n) is 23.6. The minimum Gasteiger partial charge on any atom is -0.379 e. The zero-order chi connectivity index (χ0) is 51.9. The number of azide groups is 2. The molecule has 72 heavy (non-hydrogen) atoms. The second-order valence-electron chi connectivity index (χ2n) is 15.9. The highest BCUT2D eigenvalue weighted by Crippen LogP contribution is 2.32. The van der Waals surface area contributed by atoms with Crippen molar-refractivity contribution >= 4 is 49.4 Å². The lowest BCUT2D eigenvalue weighted by molar-refractivity contribution is -0.137. The van der Waals surface area contributed by atoms with Crippen molar-refractivity contribution in [2.45, 2.75) is 56.1 Å². The third-order valence-electron chi connectivity index (χ3n) is 10.7. The third-order valence-corrected chi connectivity index (χ3v) is 12.5. The Hall–Kier alpha value is -6.01. The summed E-state index contributed by atoms with van der Waals surface area (Å²) in [7, 11) is -3.75. The van der Waals surface area contributed by atoms with Crippen molar-refractivity contribution in [2.75, 3.05) is 118 Å². The first-order valence-corrected chi connectivity index (χ1v) is 25.3. The van der Waals surface area contributed by atoms with E-state index in [1.807, 2.05) is 16.7 Å². The summed E-state index contributed by atoms with van der Waals surface area (Å²) < 4.78 is 98.5. The van der Waals surface area contributed by atoms with Gasteiger partial charge in [0.25, 0.3) is 11.8 Å². The number of rotatable bonds is 38. The van der Waals surface area contributed by atoms with Crippen LogP contribution in [-0.2, 0) is 55.8 Å². The van der Waals surface area contributed by atoms with Crippen LogP contribution in [0.2, 0.25) is 0 Å². The molecule has 0 saturated heterocycles. The largest absolute Gasteiger partial charge is 0.416 e. The monoisotopic (exact) mass is 1030 g/mol. The number of nitrogens with one attached hydrogen (secondary N) is 3. The van der Waals surface area contributed by atoms with Gasteiger partial charge in [0, 0.05) is 88.4 Å². The molecule has 0 radical (unpaired) electrons. The Morgan fingerprint density at radius 1 is 0.569 bits per heavy atom. The van der Waals surface area contributed by atoms with Crippen LogP contribution in [0.5, 0.6) is 0 Å². The molecule has 0 aliphatic rings. The van der Waals surface area contributed by atoms with E-state index in [1.165, 1.54) is 0 Å². The van der Waals surface area contributed by atoms with Crippen molar-refractivity contribution < 1.29 is 64.4 Å². The van der Waals surface area contributed by atoms with E-state index in [0.717, 1.165) is 46.1 Å². The van der Waals surface area contributed by atoms with Gasteiger partial charge in [-0.3, -0.25) is 14.4 Å². The Balaban J connectivity index is 1.27. The minimum atomic E-state index is -4.56. The topological polar surface area (TPSA) is 279 Å². The van der Waals surface area contributed by atoms with Crippen LogP contribution < -0.4 is 16.0 Å². The lowest BCUT2D eigenvalue weighted by Gasteiger charge is -2.11. The van der Waals surface area contributed by atoms with Gasteiger partial charge in [-0.1, -0.05) is 35.2 Å². The second-order valence-corrected chi connectivity index (χ2v) is 18.0. The lowest BCUT2D eigenvalue weighted by atomic mass is 10.1. The molecule has 0 fully saturated rings. The van der Waals surface area contributed by atoms with Gasteiger partial charge in [-0.25, -0.2) is 8.42 Å². The quantitative estimate of drug-likeness (QED) is 0.0179. The van der Waals surface area contributed by atoms with Gasteiger partial charge in [-0.2, -0.15) is 13.2 Å². The van der Waals surface area contributed by atoms with Crippen molar-refractivity contribution in [3.05, 3.63) is 98.2 Å². The van der Waals surface area contributed by atoms with E-state index in [4.69, 9.17) is 39.5 Å². The predicted octanol–water partition coefficient (Wildman–Crippen LogP) is 6.92. The highest BCUT2D eigenvalue weighted by molar-refractivity contribution is 7.91. The molecule has 0 bridgehead atoms. The van der Waals surface area contributed by atoms with Gasteiger partial charge in [0.05, 0.1) is 95.5 Å². The molecule has 0 aliphatic heterocycles. The normalized spacial score (nSPS) is 11.6. The van der Waals surface area contributed by atoms with Gasteiger partial charge in [0.15, 0.2) is 9.84 Å². The molecule has 4 rings (SSSR count). The Morgan fingerprint density at radius 2 is 1.03 bits per heavy atom. The number of carbonyl (C=O) groups is 3. The van der Waals surface area contributed by atoms with Gasteiger partial charge in [0.1, 0.15) is 0 Å². The number of ether oxygens (including phenoxy) is 6. The number of benzene rings is 3. The number of unbranched alkanes of at least 4 members (excludes halogenated alkanes) is 3. The van der Waals surface area contributed by atoms with E-state index < -0.39 is 21.6 Å². The maximum atomic E-state index is 13.3. The summed E-state index contributed by atoms with van der Waals surface area (Å²) >= 11 is 0. The van der Waals surface area contributed by atoms with Gasteiger partial charge >= 0.3 is 6.18 Å². The predicted molar refractivity (Wildman–Crippen MR) is 261 cm³/mol. The fraction of sp³-hybridized carbons (Fsp3) is 0.553. The second kappa shape index (κ2) is 32.9. The van der Waals surface area contributed by atoms with E-state index in [0.29, 0.717) is 122 Å². The highest BCUT2D eigenvalue weighted by atomic mass is 32.2. The Morgan fingerprint density at radius 3 is 1.50 bits per heavy atom. The van der Waals surface area contributed by atoms with E-state index >= 15 is 0 Å². The molecule has 3 aromatic carbocycles. The van der Waals surface area contributed by atoms with Crippen molar-refractivity contribution in [1.82, 2.24) is 20.5 Å². The number of halogens is 3. The number of nitrogens with zero attached hydrogens (tertiary/aromatic N) is 7. The van der Waals surface area contributed by atoms with Gasteiger partial charge in [-0.15, -0.1) is 0 Å². The number of carbonyl (C=O) groups excluding carboxylic acids is 3. The molecular formula is C47H63F3N10O11S. The van der Waals surface area contributed by atoms with Crippen LogP contribution in [0.1, 0.15) is 64.8 Å². The van der Waals surface area contributed by atoms with Crippen LogP contribution in [0.4, 0.5) is 13.2 Å². The minimum absolute atomic E-state index is 0.165. The van der Waals surface area contributed by atoms with Gasteiger partial charge in [-0.05, 0) is 78.9 Å². The van der Waals surface area contributed by atoms with E-state index in [1.54, 1.807) is 24.3 Å². The summed E-state index contributed by atoms with van der Waals surface area (Å²) in [5, 5.41) is 17.2. The van der Waals surface area contributed by atoms with Gasteiger partial charge in [0.2, 0.25) is 5.91 Å². The first-order chi connectivity index (χ1) is 34.9. The molecule has 0 saturated carbocycles. The van der Waals surface area contributed by atoms with Crippen LogP contribution in [0.15, 0.2) is 75.8 Å². The fourth-order valence-corrected chi connectivity index (χ4v) is 8.50. The molecule has 25 heteroatoms. The smallest absolute Gasteiger partial charge is 0.379 e. The third kappa shape index (κ3) is 21.4. The number of hydrogen-bond donors (Lipinski definition) is 3. The Kier molecular flexibility index (Phi) is 26.7. The molecule has 21 nitrogen and oxygen atoms in total. The molecule has 394 valence electrons. The molecule has 0 atom stereocenters. The number of alkyl halides is 3. The summed E-state index contributed by atoms with van der Waals surface area (Å²) in [6.07, 6.45) is -1.89. The van der Waals surface area contributed by atoms with Crippen molar-refractivity contribution in [2.24, 2.45) is 10.2 Å². The molecule has 0 aliphatic carbocycles. The van der Waals surface area contributed by atoms with Crippen molar-refractivity contribution in [1.29, 1.82) is 0 Å². The average Bonchev–Trinajstić information content (AvgIpc) is 3.68. The fourth-order valence-electron chi connectivity index (χ4n) is 7.13. The van der Waals surface area contributed by atoms with Crippen LogP contribution in [0.3, 0.4) is 0 Å². The van der Waals surface area contributed by atoms with E-state index in [-0.39, 0.29) is 74.2 Å². The standard InChI is InChI=1S/C47H63F3N10O11S/c48-47(49,50)38-9-11-39(12-10-38)72(64,65)33-4-2-1-3-6-44(61)53-15-5-20-60-42-34-36(45(62)54-16-21-66-25-29-70-31-27-68-23-18-56-58-51)7-13-40(42)41-14-8-37(35-43(41)60)46(63)55-17-22-67-26-30-71-32-28-69-24-19-57-59-52/h7-14,34-35H,1-6,15-33H2,(H,53,61)(H,54,62)(H,55,63). The maximum absolute atomic E-state index is 13.3. The SMILES string of the molecule is [N-]=[N+]=NCCOCCOCCOCCNC(=O)c1ccc2c3ccc(C(=O)NCCOCCOCCOCCN=[N+]=[N-])cc3n(CCCNC(=O)CCCCCCS(=O)(=O)c3ccc(C(F)(F)F)cc3)c2c1. The summed E-state index contributed by atoms with van der Waals surface area (Å²) in [6, 6.07) is 14.2. The zero-order valence-corrected chi connectivity index (χ0v) is 40.9. The van der Waals surface area contributed by atoms with E-state index in [2.05, 4.69) is 36.0 Å². The van der Waals surface area contributed by atoms with Crippen LogP contribution in [0.25, 0.3) is 42.7 Å². The number of aryl methyl sites for hydroxylation is 1. The van der Waals surface area contributed by atoms with Crippen molar-refractivity contribution in [3.63, 3.8) is 0 Å². The number of sulfone groups is 1. The average molecular weight is 1030 g/mol. The van der Waals surface area contributed by atoms with Crippen LogP contribution in [-0.4, -0.2) is 148 Å². The molecule has 3 N–H and O–H groups in total. The molecule has 4 aromatic rings. The molecule has 3 amide bonds. The van der Waals surface area contributed by atoms with Crippen LogP contribution >= 0.6 is 0 Å². The summed E-state index contributed by atoms with van der Waals surface area (Å²) in [4.78, 5) is 44.5. The summed E-state index contributed by atoms with van der Waals surface area (Å²) in [6.45, 7) is 5.67. The lowest BCUT2D eigenvalue weighted by Crippen LogP contribution is -2.27. The molecular weight excluding hydrogens is 970 g/mol. The Bertz CT molecular complexity index is 2410. The summed E-state index contributed by atoms with van der Waals surface area (Å²) in [5.74, 6) is -0.994. The van der Waals surface area contributed by atoms with Crippen molar-refractivity contribution in [3.8, 4) is 0 Å². The molecule has 0 spiro atoms. The number of aromatic nitrogens is 1. The number of fused-ring (bicyclic) bond motifs is 3. The zero-order valence-electron chi connectivity index (χ0n) is 40.1. The van der Waals surface area contributed by atoms with Crippen LogP contribution in [0, 0.1) is 0 Å². The molecule has 0 unspecified atom stereocenters. The summed E-state index contributed by atoms with van der Waals surface area (Å²) in [5.41, 5.74) is 18.0. The Labute approximate surface area is 415 Å². The number of amides is 3. The first kappa shape index (κ1) is 58.6. The molecule has 1 heterocycles. The maximum Gasteiger partial charge on any atom is 0.416 e. The van der Waals surface area contributed by atoms with Gasteiger partial charge < -0.3 is 48.9 Å².